The van der Waals surface area contributed by atoms with Crippen molar-refractivity contribution in [3.63, 3.8) is 0 Å². The van der Waals surface area contributed by atoms with Crippen molar-refractivity contribution in [3.05, 3.63) is 59.7 Å². The van der Waals surface area contributed by atoms with Crippen molar-refractivity contribution >= 4 is 5.91 Å². The Balaban J connectivity index is 1.98. The number of benzene rings is 2. The van der Waals surface area contributed by atoms with E-state index in [0.717, 1.165) is 23.5 Å². The van der Waals surface area contributed by atoms with Gasteiger partial charge in [-0.15, -0.1) is 0 Å². The zero-order valence-corrected chi connectivity index (χ0v) is 15.5. The monoisotopic (exact) mass is 341 g/mol. The summed E-state index contributed by atoms with van der Waals surface area (Å²) in [6.45, 7) is 4.62. The van der Waals surface area contributed by atoms with Crippen LogP contribution in [-0.2, 0) is 17.8 Å². The summed E-state index contributed by atoms with van der Waals surface area (Å²) in [6.07, 6.45) is 1.14. The van der Waals surface area contributed by atoms with Crippen LogP contribution in [0.4, 0.5) is 0 Å². The largest absolute Gasteiger partial charge is 0.497 e. The van der Waals surface area contributed by atoms with Gasteiger partial charge in [-0.2, -0.15) is 0 Å². The van der Waals surface area contributed by atoms with E-state index in [1.807, 2.05) is 55.5 Å². The van der Waals surface area contributed by atoms with Crippen LogP contribution >= 0.6 is 0 Å². The van der Waals surface area contributed by atoms with E-state index in [0.29, 0.717) is 13.0 Å². The fourth-order valence-electron chi connectivity index (χ4n) is 2.60. The molecule has 134 valence electrons. The lowest BCUT2D eigenvalue weighted by atomic mass is 10.1. The summed E-state index contributed by atoms with van der Waals surface area (Å²) < 4.78 is 11.1. The number of aryl methyl sites for hydroxylation is 1. The van der Waals surface area contributed by atoms with E-state index >= 15 is 0 Å². The summed E-state index contributed by atoms with van der Waals surface area (Å²) in [5.41, 5.74) is 2.31. The van der Waals surface area contributed by atoms with Crippen molar-refractivity contribution in [3.8, 4) is 11.5 Å². The van der Waals surface area contributed by atoms with E-state index in [1.54, 1.807) is 19.1 Å². The van der Waals surface area contributed by atoms with E-state index in [1.165, 1.54) is 5.56 Å². The predicted molar refractivity (Wildman–Crippen MR) is 100.0 cm³/mol. The molecule has 0 aromatic heterocycles. The lowest BCUT2D eigenvalue weighted by molar-refractivity contribution is -0.138. The van der Waals surface area contributed by atoms with Gasteiger partial charge in [-0.3, -0.25) is 4.79 Å². The average molecular weight is 341 g/mol. The maximum Gasteiger partial charge on any atom is 0.263 e. The molecule has 0 saturated carbocycles. The standard InChI is InChI=1S/C21H27NO3/c1-5-16-7-13-19(14-8-16)25-20(6-2)21(23)22(3)15-17-9-11-18(24-4)12-10-17/h7-14,20H,5-6,15H2,1-4H3. The topological polar surface area (TPSA) is 38.8 Å². The molecule has 2 aromatic rings. The summed E-state index contributed by atoms with van der Waals surface area (Å²) in [5, 5.41) is 0. The number of ether oxygens (including phenoxy) is 2. The first-order valence-corrected chi connectivity index (χ1v) is 8.70. The van der Waals surface area contributed by atoms with Gasteiger partial charge in [-0.05, 0) is 48.2 Å². The minimum atomic E-state index is -0.476. The van der Waals surface area contributed by atoms with E-state index in [2.05, 4.69) is 6.92 Å². The van der Waals surface area contributed by atoms with Crippen molar-refractivity contribution in [2.24, 2.45) is 0 Å². The van der Waals surface area contributed by atoms with Crippen molar-refractivity contribution in [1.82, 2.24) is 4.90 Å². The molecule has 25 heavy (non-hydrogen) atoms. The van der Waals surface area contributed by atoms with Crippen LogP contribution in [0.25, 0.3) is 0 Å². The highest BCUT2D eigenvalue weighted by Crippen LogP contribution is 2.18. The first-order valence-electron chi connectivity index (χ1n) is 8.70. The summed E-state index contributed by atoms with van der Waals surface area (Å²) in [7, 11) is 3.44. The smallest absolute Gasteiger partial charge is 0.263 e. The molecule has 0 bridgehead atoms. The van der Waals surface area contributed by atoms with Crippen LogP contribution < -0.4 is 9.47 Å². The zero-order chi connectivity index (χ0) is 18.2. The SMILES string of the molecule is CCc1ccc(OC(CC)C(=O)N(C)Cc2ccc(OC)cc2)cc1. The van der Waals surface area contributed by atoms with Crippen molar-refractivity contribution in [2.45, 2.75) is 39.3 Å². The van der Waals surface area contributed by atoms with E-state index in [-0.39, 0.29) is 5.91 Å². The van der Waals surface area contributed by atoms with Gasteiger partial charge in [0.15, 0.2) is 6.10 Å². The van der Waals surface area contributed by atoms with Gasteiger partial charge in [0.05, 0.1) is 7.11 Å². The highest BCUT2D eigenvalue weighted by Gasteiger charge is 2.22. The fourth-order valence-corrected chi connectivity index (χ4v) is 2.60. The third-order valence-corrected chi connectivity index (χ3v) is 4.21. The predicted octanol–water partition coefficient (Wildman–Crippen LogP) is 4.07. The van der Waals surface area contributed by atoms with Gasteiger partial charge in [0.1, 0.15) is 11.5 Å². The van der Waals surface area contributed by atoms with Crippen LogP contribution in [0.5, 0.6) is 11.5 Å². The first kappa shape index (κ1) is 18.8. The third kappa shape index (κ3) is 5.24. The molecule has 1 amide bonds. The van der Waals surface area contributed by atoms with Crippen molar-refractivity contribution in [1.29, 1.82) is 0 Å². The summed E-state index contributed by atoms with van der Waals surface area (Å²) in [5.74, 6) is 1.52. The van der Waals surface area contributed by atoms with Crippen LogP contribution in [0.1, 0.15) is 31.4 Å². The van der Waals surface area contributed by atoms with Crippen LogP contribution in [0.2, 0.25) is 0 Å². The Morgan fingerprint density at radius 1 is 0.960 bits per heavy atom. The molecular weight excluding hydrogens is 314 g/mol. The minimum absolute atomic E-state index is 0.0158. The van der Waals surface area contributed by atoms with Crippen LogP contribution in [0.3, 0.4) is 0 Å². The average Bonchev–Trinajstić information content (AvgIpc) is 2.66. The first-order chi connectivity index (χ1) is 12.1. The number of hydrogen-bond acceptors (Lipinski definition) is 3. The second-order valence-corrected chi connectivity index (χ2v) is 6.05. The van der Waals surface area contributed by atoms with Gasteiger partial charge in [0, 0.05) is 13.6 Å². The van der Waals surface area contributed by atoms with Gasteiger partial charge < -0.3 is 14.4 Å². The lowest BCUT2D eigenvalue weighted by Gasteiger charge is -2.24. The van der Waals surface area contributed by atoms with Crippen LogP contribution in [-0.4, -0.2) is 31.1 Å². The lowest BCUT2D eigenvalue weighted by Crippen LogP contribution is -2.39. The molecule has 2 rings (SSSR count). The number of hydrogen-bond donors (Lipinski definition) is 0. The Morgan fingerprint density at radius 3 is 2.04 bits per heavy atom. The Hall–Kier alpha value is -2.49. The molecule has 0 heterocycles. The molecule has 1 atom stereocenters. The van der Waals surface area contributed by atoms with E-state index in [9.17, 15) is 4.79 Å². The molecule has 4 nitrogen and oxygen atoms in total. The Morgan fingerprint density at radius 2 is 1.52 bits per heavy atom. The Labute approximate surface area is 150 Å². The number of nitrogens with zero attached hydrogens (tertiary/aromatic N) is 1. The van der Waals surface area contributed by atoms with Gasteiger partial charge in [0.2, 0.25) is 0 Å². The second kappa shape index (κ2) is 9.11. The molecule has 0 spiro atoms. The highest BCUT2D eigenvalue weighted by atomic mass is 16.5. The molecule has 0 aliphatic carbocycles. The van der Waals surface area contributed by atoms with Crippen molar-refractivity contribution in [2.75, 3.05) is 14.2 Å². The Kier molecular flexibility index (Phi) is 6.87. The number of carbonyl (C=O) groups is 1. The Bertz CT molecular complexity index is 665. The molecule has 0 fully saturated rings. The number of likely N-dealkylation sites (N-methyl/N-ethyl adjacent to an activating group) is 1. The summed E-state index contributed by atoms with van der Waals surface area (Å²) in [6, 6.07) is 15.7. The summed E-state index contributed by atoms with van der Waals surface area (Å²) >= 11 is 0. The van der Waals surface area contributed by atoms with Gasteiger partial charge in [-0.25, -0.2) is 0 Å². The molecule has 4 heteroatoms. The van der Waals surface area contributed by atoms with Gasteiger partial charge in [0.25, 0.3) is 5.91 Å². The molecule has 0 N–H and O–H groups in total. The van der Waals surface area contributed by atoms with Crippen LogP contribution in [0.15, 0.2) is 48.5 Å². The number of methoxy groups -OCH3 is 1. The number of carbonyl (C=O) groups excluding carboxylic acids is 1. The number of amides is 1. The van der Waals surface area contributed by atoms with Gasteiger partial charge in [-0.1, -0.05) is 38.1 Å². The maximum atomic E-state index is 12.7. The molecule has 0 aliphatic heterocycles. The minimum Gasteiger partial charge on any atom is -0.497 e. The van der Waals surface area contributed by atoms with Gasteiger partial charge >= 0.3 is 0 Å². The molecule has 2 aromatic carbocycles. The molecule has 1 unspecified atom stereocenters. The van der Waals surface area contributed by atoms with Crippen LogP contribution in [0, 0.1) is 0 Å². The third-order valence-electron chi connectivity index (χ3n) is 4.21. The molecular formula is C21H27NO3. The summed E-state index contributed by atoms with van der Waals surface area (Å²) in [4.78, 5) is 14.4. The quantitative estimate of drug-likeness (QED) is 0.726. The molecule has 0 saturated heterocycles. The number of rotatable bonds is 8. The zero-order valence-electron chi connectivity index (χ0n) is 15.5. The van der Waals surface area contributed by atoms with Crippen molar-refractivity contribution < 1.29 is 14.3 Å². The molecule has 0 aliphatic rings. The van der Waals surface area contributed by atoms with E-state index in [4.69, 9.17) is 9.47 Å². The highest BCUT2D eigenvalue weighted by molar-refractivity contribution is 5.81. The van der Waals surface area contributed by atoms with E-state index < -0.39 is 6.10 Å². The fraction of sp³-hybridized carbons (Fsp3) is 0.381. The second-order valence-electron chi connectivity index (χ2n) is 6.05. The normalized spacial score (nSPS) is 11.7. The maximum absolute atomic E-state index is 12.7. The molecule has 0 radical (unpaired) electrons.